The predicted octanol–water partition coefficient (Wildman–Crippen LogP) is 4.65. The normalized spacial score (nSPS) is 10.2. The van der Waals surface area contributed by atoms with Crippen LogP contribution >= 0.6 is 11.8 Å². The number of thioether (sulfide) groups is 1. The van der Waals surface area contributed by atoms with Crippen molar-refractivity contribution in [3.63, 3.8) is 0 Å². The summed E-state index contributed by atoms with van der Waals surface area (Å²) in [5.74, 6) is 0.395. The summed E-state index contributed by atoms with van der Waals surface area (Å²) in [6, 6.07) is 19.2. The summed E-state index contributed by atoms with van der Waals surface area (Å²) in [6.45, 7) is 1.44. The van der Waals surface area contributed by atoms with Gasteiger partial charge in [0.05, 0.1) is 20.0 Å². The van der Waals surface area contributed by atoms with Crippen LogP contribution in [0.5, 0.6) is 11.5 Å². The molecule has 0 aliphatic carbocycles. The van der Waals surface area contributed by atoms with Gasteiger partial charge in [0.25, 0.3) is 5.91 Å². The minimum absolute atomic E-state index is 0.154. The first-order valence-electron chi connectivity index (χ1n) is 10.3. The van der Waals surface area contributed by atoms with Gasteiger partial charge in [0.2, 0.25) is 11.8 Å². The molecule has 0 bridgehead atoms. The molecule has 0 aliphatic heterocycles. The number of rotatable bonds is 9. The molecule has 0 aromatic heterocycles. The van der Waals surface area contributed by atoms with E-state index < -0.39 is 0 Å². The Morgan fingerprint density at radius 3 is 1.76 bits per heavy atom. The molecule has 9 heteroatoms. The number of amides is 3. The fraction of sp³-hybridized carbons (Fsp3) is 0.160. The van der Waals surface area contributed by atoms with Crippen LogP contribution in [0.25, 0.3) is 0 Å². The van der Waals surface area contributed by atoms with Crippen LogP contribution in [0.3, 0.4) is 0 Å². The maximum atomic E-state index is 12.8. The smallest absolute Gasteiger partial charge is 0.263 e. The average molecular weight is 480 g/mol. The molecule has 0 heterocycles. The zero-order chi connectivity index (χ0) is 24.5. The molecule has 0 unspecified atom stereocenters. The molecule has 0 saturated heterocycles. The Balaban J connectivity index is 1.53. The van der Waals surface area contributed by atoms with Gasteiger partial charge in [-0.15, -0.1) is 11.8 Å². The number of ether oxygens (including phenoxy) is 2. The van der Waals surface area contributed by atoms with E-state index in [1.807, 2.05) is 12.1 Å². The Hall–Kier alpha value is -3.98. The minimum atomic E-state index is -0.349. The van der Waals surface area contributed by atoms with Crippen LogP contribution in [0.1, 0.15) is 17.3 Å². The Bertz CT molecular complexity index is 1140. The largest absolute Gasteiger partial charge is 0.496 e. The van der Waals surface area contributed by atoms with Crippen LogP contribution in [0, 0.1) is 0 Å². The van der Waals surface area contributed by atoms with E-state index in [-0.39, 0.29) is 23.5 Å². The van der Waals surface area contributed by atoms with E-state index in [1.54, 1.807) is 54.6 Å². The van der Waals surface area contributed by atoms with Crippen molar-refractivity contribution in [1.29, 1.82) is 0 Å². The van der Waals surface area contributed by atoms with Gasteiger partial charge in [-0.2, -0.15) is 0 Å². The third-order valence-electron chi connectivity index (χ3n) is 4.63. The summed E-state index contributed by atoms with van der Waals surface area (Å²) in [5.41, 5.74) is 2.22. The lowest BCUT2D eigenvalue weighted by atomic mass is 10.1. The molecular formula is C25H25N3O5S. The Morgan fingerprint density at radius 1 is 0.735 bits per heavy atom. The first-order valence-corrected chi connectivity index (χ1v) is 11.3. The number of carbonyl (C=O) groups excluding carboxylic acids is 3. The van der Waals surface area contributed by atoms with Crippen LogP contribution in [0.2, 0.25) is 0 Å². The maximum absolute atomic E-state index is 12.8. The number of hydrogen-bond donors (Lipinski definition) is 3. The van der Waals surface area contributed by atoms with E-state index in [0.717, 1.165) is 4.90 Å². The molecule has 0 atom stereocenters. The van der Waals surface area contributed by atoms with Crippen molar-refractivity contribution in [3.05, 3.63) is 72.3 Å². The van der Waals surface area contributed by atoms with Crippen molar-refractivity contribution in [1.82, 2.24) is 0 Å². The second-order valence-corrected chi connectivity index (χ2v) is 8.16. The van der Waals surface area contributed by atoms with Gasteiger partial charge in [-0.1, -0.05) is 6.07 Å². The summed E-state index contributed by atoms with van der Waals surface area (Å²) >= 11 is 1.37. The van der Waals surface area contributed by atoms with Crippen LogP contribution in [-0.2, 0) is 9.59 Å². The monoisotopic (exact) mass is 479 g/mol. The van der Waals surface area contributed by atoms with Crippen LogP contribution < -0.4 is 25.4 Å². The van der Waals surface area contributed by atoms with Crippen molar-refractivity contribution < 1.29 is 23.9 Å². The Kier molecular flexibility index (Phi) is 8.53. The molecule has 0 fully saturated rings. The first-order chi connectivity index (χ1) is 16.4. The summed E-state index contributed by atoms with van der Waals surface area (Å²) in [5, 5.41) is 8.33. The second kappa shape index (κ2) is 11.8. The molecule has 0 aliphatic rings. The number of nitrogens with one attached hydrogen (secondary N) is 3. The summed E-state index contributed by atoms with van der Waals surface area (Å²) in [7, 11) is 2.99. The highest BCUT2D eigenvalue weighted by molar-refractivity contribution is 8.00. The Morgan fingerprint density at radius 2 is 1.24 bits per heavy atom. The highest BCUT2D eigenvalue weighted by Crippen LogP contribution is 2.29. The lowest BCUT2D eigenvalue weighted by Gasteiger charge is -2.13. The first kappa shape index (κ1) is 24.7. The zero-order valence-electron chi connectivity index (χ0n) is 19.0. The van der Waals surface area contributed by atoms with E-state index in [9.17, 15) is 14.4 Å². The number of methoxy groups -OCH3 is 2. The van der Waals surface area contributed by atoms with Gasteiger partial charge in [-0.3, -0.25) is 14.4 Å². The second-order valence-electron chi connectivity index (χ2n) is 7.11. The number of benzene rings is 3. The fourth-order valence-corrected chi connectivity index (χ4v) is 3.79. The van der Waals surface area contributed by atoms with Crippen LogP contribution in [-0.4, -0.2) is 37.7 Å². The molecule has 176 valence electrons. The van der Waals surface area contributed by atoms with Crippen LogP contribution in [0.4, 0.5) is 17.1 Å². The molecule has 0 spiro atoms. The predicted molar refractivity (Wildman–Crippen MR) is 134 cm³/mol. The van der Waals surface area contributed by atoms with Gasteiger partial charge in [-0.25, -0.2) is 0 Å². The Labute approximate surface area is 202 Å². The zero-order valence-corrected chi connectivity index (χ0v) is 19.8. The topological polar surface area (TPSA) is 106 Å². The van der Waals surface area contributed by atoms with Crippen molar-refractivity contribution in [2.45, 2.75) is 11.8 Å². The molecule has 3 rings (SSSR count). The highest BCUT2D eigenvalue weighted by atomic mass is 32.2. The van der Waals surface area contributed by atoms with E-state index in [2.05, 4.69) is 16.0 Å². The molecule has 8 nitrogen and oxygen atoms in total. The van der Waals surface area contributed by atoms with E-state index in [4.69, 9.17) is 9.47 Å². The summed E-state index contributed by atoms with van der Waals surface area (Å²) < 4.78 is 10.6. The molecular weight excluding hydrogens is 454 g/mol. The standard InChI is InChI=1S/C25H25N3O5S/c1-16(29)26-17-7-9-18(10-8-17)27-23(30)15-34-20-13-11-19(12-14-20)28-25(31)24-21(32-2)5-4-6-22(24)33-3/h4-14H,15H2,1-3H3,(H,26,29)(H,27,30)(H,28,31). The van der Waals surface area contributed by atoms with Gasteiger partial charge >= 0.3 is 0 Å². The maximum Gasteiger partial charge on any atom is 0.263 e. The van der Waals surface area contributed by atoms with Gasteiger partial charge in [0, 0.05) is 28.9 Å². The van der Waals surface area contributed by atoms with Gasteiger partial charge in [-0.05, 0) is 60.7 Å². The summed E-state index contributed by atoms with van der Waals surface area (Å²) in [6.07, 6.45) is 0. The number of anilines is 3. The van der Waals surface area contributed by atoms with Crippen molar-refractivity contribution in [3.8, 4) is 11.5 Å². The van der Waals surface area contributed by atoms with Gasteiger partial charge < -0.3 is 25.4 Å². The molecule has 3 aromatic carbocycles. The quantitative estimate of drug-likeness (QED) is 0.386. The van der Waals surface area contributed by atoms with Crippen molar-refractivity contribution in [2.75, 3.05) is 35.9 Å². The van der Waals surface area contributed by atoms with E-state index in [1.165, 1.54) is 32.9 Å². The molecule has 0 saturated carbocycles. The molecule has 3 aromatic rings. The minimum Gasteiger partial charge on any atom is -0.496 e. The lowest BCUT2D eigenvalue weighted by molar-refractivity contribution is -0.114. The molecule has 0 radical (unpaired) electrons. The van der Waals surface area contributed by atoms with Crippen LogP contribution in [0.15, 0.2) is 71.6 Å². The SMILES string of the molecule is COc1cccc(OC)c1C(=O)Nc1ccc(SCC(=O)Nc2ccc(NC(C)=O)cc2)cc1. The summed E-state index contributed by atoms with van der Waals surface area (Å²) in [4.78, 5) is 37.0. The molecule has 3 N–H and O–H groups in total. The molecule has 3 amide bonds. The number of carbonyl (C=O) groups is 3. The third kappa shape index (κ3) is 6.76. The van der Waals surface area contributed by atoms with Crippen molar-refractivity contribution >= 4 is 46.5 Å². The highest BCUT2D eigenvalue weighted by Gasteiger charge is 2.18. The number of hydrogen-bond acceptors (Lipinski definition) is 6. The average Bonchev–Trinajstić information content (AvgIpc) is 2.83. The van der Waals surface area contributed by atoms with E-state index >= 15 is 0 Å². The van der Waals surface area contributed by atoms with Gasteiger partial charge in [0.1, 0.15) is 17.1 Å². The fourth-order valence-electron chi connectivity index (χ4n) is 3.09. The lowest BCUT2D eigenvalue weighted by Crippen LogP contribution is -2.15. The van der Waals surface area contributed by atoms with Crippen molar-refractivity contribution in [2.24, 2.45) is 0 Å². The van der Waals surface area contributed by atoms with E-state index in [0.29, 0.717) is 34.1 Å². The third-order valence-corrected chi connectivity index (χ3v) is 5.64. The van der Waals surface area contributed by atoms with Gasteiger partial charge in [0.15, 0.2) is 0 Å². The molecule has 34 heavy (non-hydrogen) atoms.